The number of rotatable bonds is 3. The minimum atomic E-state index is 0.189. The van der Waals surface area contributed by atoms with Crippen molar-refractivity contribution in [3.8, 4) is 0 Å². The van der Waals surface area contributed by atoms with Crippen molar-refractivity contribution in [1.29, 1.82) is 0 Å². The van der Waals surface area contributed by atoms with Crippen molar-refractivity contribution in [2.24, 2.45) is 11.7 Å². The molecule has 2 nitrogen and oxygen atoms in total. The van der Waals surface area contributed by atoms with Gasteiger partial charge in [0.25, 0.3) is 0 Å². The number of anilines is 1. The molecule has 0 saturated carbocycles. The van der Waals surface area contributed by atoms with Crippen LogP contribution >= 0.6 is 12.2 Å². The second-order valence-electron chi connectivity index (χ2n) is 4.92. The second kappa shape index (κ2) is 5.05. The van der Waals surface area contributed by atoms with Crippen molar-refractivity contribution < 1.29 is 0 Å². The summed E-state index contributed by atoms with van der Waals surface area (Å²) in [6.07, 6.45) is 2.12. The number of para-hydroxylation sites is 1. The maximum atomic E-state index is 5.87. The van der Waals surface area contributed by atoms with Gasteiger partial charge < -0.3 is 10.6 Å². The second-order valence-corrected chi connectivity index (χ2v) is 5.39. The van der Waals surface area contributed by atoms with E-state index < -0.39 is 0 Å². The lowest BCUT2D eigenvalue weighted by molar-refractivity contribution is 0.512. The summed E-state index contributed by atoms with van der Waals surface area (Å²) in [5, 5.41) is 0. The van der Waals surface area contributed by atoms with Gasteiger partial charge in [0, 0.05) is 12.2 Å². The van der Waals surface area contributed by atoms with Gasteiger partial charge in [0.2, 0.25) is 0 Å². The molecule has 3 heteroatoms. The van der Waals surface area contributed by atoms with Crippen molar-refractivity contribution >= 4 is 22.9 Å². The van der Waals surface area contributed by atoms with Gasteiger partial charge in [-0.25, -0.2) is 0 Å². The molecule has 17 heavy (non-hydrogen) atoms. The molecule has 0 radical (unpaired) electrons. The van der Waals surface area contributed by atoms with Crippen molar-refractivity contribution in [3.05, 3.63) is 29.8 Å². The first-order valence-corrected chi connectivity index (χ1v) is 6.68. The van der Waals surface area contributed by atoms with Gasteiger partial charge in [0.1, 0.15) is 0 Å². The largest absolute Gasteiger partial charge is 0.392 e. The van der Waals surface area contributed by atoms with Gasteiger partial charge in [-0.3, -0.25) is 0 Å². The lowest BCUT2D eigenvalue weighted by atomic mass is 9.92. The van der Waals surface area contributed by atoms with Crippen LogP contribution in [-0.4, -0.2) is 17.6 Å². The molecule has 1 aliphatic rings. The standard InChI is InChI=1S/C14H20N2S/c1-3-12(14(15)17)16-9-10(2)8-11-6-4-5-7-13(11)16/h4-7,10,12H,3,8-9H2,1-2H3,(H2,15,17). The molecule has 0 aromatic heterocycles. The number of nitrogens with zero attached hydrogens (tertiary/aromatic N) is 1. The van der Waals surface area contributed by atoms with Crippen LogP contribution in [0.3, 0.4) is 0 Å². The SMILES string of the molecule is CCC(C(N)=S)N1CC(C)Cc2ccccc21. The van der Waals surface area contributed by atoms with Crippen molar-refractivity contribution in [2.75, 3.05) is 11.4 Å². The number of hydrogen-bond donors (Lipinski definition) is 1. The Morgan fingerprint density at radius 2 is 2.24 bits per heavy atom. The van der Waals surface area contributed by atoms with Gasteiger partial charge in [0.05, 0.1) is 11.0 Å². The summed E-state index contributed by atoms with van der Waals surface area (Å²) in [5.74, 6) is 0.660. The normalized spacial score (nSPS) is 20.8. The van der Waals surface area contributed by atoms with E-state index >= 15 is 0 Å². The molecular weight excluding hydrogens is 228 g/mol. The molecule has 1 aromatic rings. The maximum absolute atomic E-state index is 5.87. The zero-order chi connectivity index (χ0) is 12.4. The smallest absolute Gasteiger partial charge is 0.0955 e. The Bertz CT molecular complexity index is 416. The molecule has 2 N–H and O–H groups in total. The molecule has 0 bridgehead atoms. The molecule has 0 saturated heterocycles. The van der Waals surface area contributed by atoms with E-state index in [4.69, 9.17) is 18.0 Å². The van der Waals surface area contributed by atoms with Crippen molar-refractivity contribution in [3.63, 3.8) is 0 Å². The summed E-state index contributed by atoms with van der Waals surface area (Å²) in [5.41, 5.74) is 8.60. The van der Waals surface area contributed by atoms with E-state index in [1.165, 1.54) is 11.3 Å². The van der Waals surface area contributed by atoms with E-state index in [2.05, 4.69) is 43.0 Å². The molecule has 0 aliphatic carbocycles. The van der Waals surface area contributed by atoms with E-state index in [0.29, 0.717) is 10.9 Å². The fourth-order valence-corrected chi connectivity index (χ4v) is 3.00. The van der Waals surface area contributed by atoms with Gasteiger partial charge in [-0.15, -0.1) is 0 Å². The average Bonchev–Trinajstić information content (AvgIpc) is 2.29. The zero-order valence-corrected chi connectivity index (χ0v) is 11.3. The number of thiocarbonyl (C=S) groups is 1. The van der Waals surface area contributed by atoms with E-state index in [-0.39, 0.29) is 6.04 Å². The van der Waals surface area contributed by atoms with Crippen LogP contribution in [0.2, 0.25) is 0 Å². The quantitative estimate of drug-likeness (QED) is 0.834. The summed E-state index contributed by atoms with van der Waals surface area (Å²) in [6.45, 7) is 5.48. The Kier molecular flexibility index (Phi) is 3.67. The van der Waals surface area contributed by atoms with Crippen molar-refractivity contribution in [2.45, 2.75) is 32.7 Å². The van der Waals surface area contributed by atoms with Crippen LogP contribution in [0, 0.1) is 5.92 Å². The highest BCUT2D eigenvalue weighted by Crippen LogP contribution is 2.31. The fraction of sp³-hybridized carbons (Fsp3) is 0.500. The minimum absolute atomic E-state index is 0.189. The molecule has 92 valence electrons. The van der Waals surface area contributed by atoms with E-state index in [1.54, 1.807) is 0 Å². The highest BCUT2D eigenvalue weighted by atomic mass is 32.1. The predicted octanol–water partition coefficient (Wildman–Crippen LogP) is 2.75. The number of benzene rings is 1. The highest BCUT2D eigenvalue weighted by molar-refractivity contribution is 7.80. The Morgan fingerprint density at radius 1 is 1.53 bits per heavy atom. The molecule has 1 aliphatic heterocycles. The first-order chi connectivity index (χ1) is 8.13. The molecule has 2 unspecified atom stereocenters. The lowest BCUT2D eigenvalue weighted by Crippen LogP contribution is -2.48. The predicted molar refractivity (Wildman–Crippen MR) is 77.5 cm³/mol. The van der Waals surface area contributed by atoms with Gasteiger partial charge in [-0.2, -0.15) is 0 Å². The Hall–Kier alpha value is -1.09. The van der Waals surface area contributed by atoms with Gasteiger partial charge in [0.15, 0.2) is 0 Å². The third-order valence-corrected chi connectivity index (χ3v) is 3.74. The maximum Gasteiger partial charge on any atom is 0.0955 e. The molecule has 2 rings (SSSR count). The summed E-state index contributed by atoms with van der Waals surface area (Å²) in [4.78, 5) is 2.99. The topological polar surface area (TPSA) is 29.3 Å². The third kappa shape index (κ3) is 2.44. The molecule has 2 atom stereocenters. The monoisotopic (exact) mass is 248 g/mol. The average molecular weight is 248 g/mol. The summed E-state index contributed by atoms with van der Waals surface area (Å²) < 4.78 is 0. The van der Waals surface area contributed by atoms with Crippen LogP contribution in [0.15, 0.2) is 24.3 Å². The summed E-state index contributed by atoms with van der Waals surface area (Å²) >= 11 is 5.20. The number of nitrogens with two attached hydrogens (primary N) is 1. The lowest BCUT2D eigenvalue weighted by Gasteiger charge is -2.39. The van der Waals surface area contributed by atoms with Crippen LogP contribution in [0.5, 0.6) is 0 Å². The Balaban J connectivity index is 2.38. The first-order valence-electron chi connectivity index (χ1n) is 6.27. The minimum Gasteiger partial charge on any atom is -0.392 e. The molecule has 0 spiro atoms. The molecule has 0 fully saturated rings. The molecule has 1 aromatic carbocycles. The van der Waals surface area contributed by atoms with Crippen LogP contribution < -0.4 is 10.6 Å². The van der Waals surface area contributed by atoms with Gasteiger partial charge in [-0.1, -0.05) is 44.3 Å². The molecule has 0 amide bonds. The summed E-state index contributed by atoms with van der Waals surface area (Å²) in [6, 6.07) is 8.78. The van der Waals surface area contributed by atoms with Crippen LogP contribution in [-0.2, 0) is 6.42 Å². The van der Waals surface area contributed by atoms with E-state index in [0.717, 1.165) is 19.4 Å². The Morgan fingerprint density at radius 3 is 2.88 bits per heavy atom. The Labute approximate surface area is 109 Å². The highest BCUT2D eigenvalue weighted by Gasteiger charge is 2.27. The van der Waals surface area contributed by atoms with Gasteiger partial charge >= 0.3 is 0 Å². The van der Waals surface area contributed by atoms with E-state index in [9.17, 15) is 0 Å². The third-order valence-electron chi connectivity index (χ3n) is 3.47. The number of hydrogen-bond acceptors (Lipinski definition) is 2. The number of fused-ring (bicyclic) bond motifs is 1. The van der Waals surface area contributed by atoms with Crippen LogP contribution in [0.25, 0.3) is 0 Å². The summed E-state index contributed by atoms with van der Waals surface area (Å²) in [7, 11) is 0. The van der Waals surface area contributed by atoms with Gasteiger partial charge in [-0.05, 0) is 30.4 Å². The molecule has 1 heterocycles. The van der Waals surface area contributed by atoms with Crippen LogP contribution in [0.4, 0.5) is 5.69 Å². The first kappa shape index (κ1) is 12.4. The van der Waals surface area contributed by atoms with Crippen LogP contribution in [0.1, 0.15) is 25.8 Å². The molecular formula is C14H20N2S. The fourth-order valence-electron chi connectivity index (χ4n) is 2.71. The van der Waals surface area contributed by atoms with Crippen molar-refractivity contribution in [1.82, 2.24) is 0 Å². The van der Waals surface area contributed by atoms with E-state index in [1.807, 2.05) is 0 Å². The zero-order valence-electron chi connectivity index (χ0n) is 10.5.